The number of hydrogen-bond acceptors (Lipinski definition) is 1. The fraction of sp³-hybridized carbons (Fsp3) is 0.250. The van der Waals surface area contributed by atoms with E-state index in [1.165, 1.54) is 12.1 Å². The molecule has 0 aromatic heterocycles. The van der Waals surface area contributed by atoms with Crippen molar-refractivity contribution >= 4 is 21.6 Å². The van der Waals surface area contributed by atoms with Gasteiger partial charge in [-0.15, -0.1) is 0 Å². The monoisotopic (exact) mass is 339 g/mol. The van der Waals surface area contributed by atoms with Gasteiger partial charge in [0.25, 0.3) is 0 Å². The molecule has 106 valence electrons. The SMILES string of the molecule is Cc1cc(F)c(C(C)Nc2cccc(C)c2Br)cc1F. The smallest absolute Gasteiger partial charge is 0.128 e. The van der Waals surface area contributed by atoms with E-state index < -0.39 is 11.6 Å². The molecule has 0 fully saturated rings. The Kier molecular flexibility index (Phi) is 4.43. The van der Waals surface area contributed by atoms with Crippen LogP contribution in [0.5, 0.6) is 0 Å². The zero-order chi connectivity index (χ0) is 14.9. The highest BCUT2D eigenvalue weighted by Gasteiger charge is 2.15. The zero-order valence-corrected chi connectivity index (χ0v) is 13.2. The number of aryl methyl sites for hydroxylation is 2. The highest BCUT2D eigenvalue weighted by molar-refractivity contribution is 9.10. The number of benzene rings is 2. The van der Waals surface area contributed by atoms with Gasteiger partial charge in [-0.2, -0.15) is 0 Å². The lowest BCUT2D eigenvalue weighted by Crippen LogP contribution is -2.10. The molecule has 2 aromatic carbocycles. The van der Waals surface area contributed by atoms with Crippen molar-refractivity contribution in [2.75, 3.05) is 5.32 Å². The molecule has 2 rings (SSSR count). The summed E-state index contributed by atoms with van der Waals surface area (Å²) in [5, 5.41) is 3.20. The Morgan fingerprint density at radius 1 is 1.05 bits per heavy atom. The first-order valence-corrected chi connectivity index (χ1v) is 7.16. The normalized spacial score (nSPS) is 12.3. The summed E-state index contributed by atoms with van der Waals surface area (Å²) in [6, 6.07) is 7.95. The van der Waals surface area contributed by atoms with Crippen LogP contribution < -0.4 is 5.32 Å². The molecule has 2 aromatic rings. The van der Waals surface area contributed by atoms with Crippen molar-refractivity contribution < 1.29 is 8.78 Å². The fourth-order valence-electron chi connectivity index (χ4n) is 2.06. The van der Waals surface area contributed by atoms with Gasteiger partial charge in [-0.3, -0.25) is 0 Å². The maximum absolute atomic E-state index is 13.9. The van der Waals surface area contributed by atoms with Crippen LogP contribution in [0.25, 0.3) is 0 Å². The molecule has 0 heterocycles. The van der Waals surface area contributed by atoms with Gasteiger partial charge in [-0.1, -0.05) is 12.1 Å². The quantitative estimate of drug-likeness (QED) is 0.776. The average molecular weight is 340 g/mol. The first-order valence-electron chi connectivity index (χ1n) is 6.37. The molecule has 1 unspecified atom stereocenters. The Labute approximate surface area is 126 Å². The Hall–Kier alpha value is -1.42. The van der Waals surface area contributed by atoms with Crippen LogP contribution in [-0.4, -0.2) is 0 Å². The van der Waals surface area contributed by atoms with Crippen LogP contribution in [0.1, 0.15) is 29.7 Å². The summed E-state index contributed by atoms with van der Waals surface area (Å²) in [6.07, 6.45) is 0. The second kappa shape index (κ2) is 5.92. The highest BCUT2D eigenvalue weighted by Crippen LogP contribution is 2.30. The Bertz CT molecular complexity index is 641. The third-order valence-corrected chi connectivity index (χ3v) is 4.36. The second-order valence-corrected chi connectivity index (χ2v) is 5.72. The maximum Gasteiger partial charge on any atom is 0.128 e. The van der Waals surface area contributed by atoms with E-state index in [4.69, 9.17) is 0 Å². The number of nitrogens with one attached hydrogen (secondary N) is 1. The maximum atomic E-state index is 13.9. The molecule has 0 spiro atoms. The van der Waals surface area contributed by atoms with Crippen molar-refractivity contribution in [2.24, 2.45) is 0 Å². The van der Waals surface area contributed by atoms with Gasteiger partial charge in [-0.05, 0) is 66.0 Å². The summed E-state index contributed by atoms with van der Waals surface area (Å²) in [6.45, 7) is 5.34. The van der Waals surface area contributed by atoms with Crippen LogP contribution >= 0.6 is 15.9 Å². The van der Waals surface area contributed by atoms with E-state index in [1.54, 1.807) is 6.92 Å². The van der Waals surface area contributed by atoms with Crippen LogP contribution in [0.4, 0.5) is 14.5 Å². The molecule has 0 bridgehead atoms. The van der Waals surface area contributed by atoms with Crippen LogP contribution in [0.3, 0.4) is 0 Å². The molecule has 0 saturated carbocycles. The molecule has 0 saturated heterocycles. The standard InChI is InChI=1S/C16H16BrF2N/c1-9-5-4-6-15(16(9)17)20-11(3)12-8-13(18)10(2)7-14(12)19/h4-8,11,20H,1-3H3. The number of hydrogen-bond donors (Lipinski definition) is 1. The minimum Gasteiger partial charge on any atom is -0.377 e. The third kappa shape index (κ3) is 3.01. The van der Waals surface area contributed by atoms with E-state index in [0.717, 1.165) is 15.7 Å². The Balaban J connectivity index is 2.31. The van der Waals surface area contributed by atoms with Crippen LogP contribution in [0, 0.1) is 25.5 Å². The average Bonchev–Trinajstić information content (AvgIpc) is 2.39. The molecule has 0 aliphatic rings. The van der Waals surface area contributed by atoms with Crippen LogP contribution in [0.2, 0.25) is 0 Å². The topological polar surface area (TPSA) is 12.0 Å². The second-order valence-electron chi connectivity index (χ2n) is 4.93. The van der Waals surface area contributed by atoms with E-state index in [0.29, 0.717) is 11.1 Å². The lowest BCUT2D eigenvalue weighted by molar-refractivity contribution is 0.571. The number of halogens is 3. The zero-order valence-electron chi connectivity index (χ0n) is 11.6. The van der Waals surface area contributed by atoms with Crippen molar-refractivity contribution in [1.82, 2.24) is 0 Å². The molecule has 0 radical (unpaired) electrons. The van der Waals surface area contributed by atoms with Gasteiger partial charge in [0.2, 0.25) is 0 Å². The van der Waals surface area contributed by atoms with Crippen LogP contribution in [0.15, 0.2) is 34.8 Å². The molecule has 0 amide bonds. The van der Waals surface area contributed by atoms with Gasteiger partial charge in [0, 0.05) is 15.7 Å². The van der Waals surface area contributed by atoms with Gasteiger partial charge in [-0.25, -0.2) is 8.78 Å². The number of anilines is 1. The minimum atomic E-state index is -0.396. The molecule has 4 heteroatoms. The first-order chi connectivity index (χ1) is 9.40. The van der Waals surface area contributed by atoms with Gasteiger partial charge in [0.15, 0.2) is 0 Å². The van der Waals surface area contributed by atoms with E-state index in [9.17, 15) is 8.78 Å². The van der Waals surface area contributed by atoms with Crippen LogP contribution in [-0.2, 0) is 0 Å². The van der Waals surface area contributed by atoms with E-state index in [2.05, 4.69) is 21.2 Å². The van der Waals surface area contributed by atoms with Crippen molar-refractivity contribution in [3.05, 3.63) is 63.1 Å². The summed E-state index contributed by atoms with van der Waals surface area (Å²) in [4.78, 5) is 0. The molecular formula is C16H16BrF2N. The predicted octanol–water partition coefficient (Wildman–Crippen LogP) is 5.52. The molecular weight excluding hydrogens is 324 g/mol. The molecule has 0 aliphatic carbocycles. The molecule has 1 atom stereocenters. The largest absolute Gasteiger partial charge is 0.377 e. The van der Waals surface area contributed by atoms with Gasteiger partial charge in [0.1, 0.15) is 11.6 Å². The van der Waals surface area contributed by atoms with E-state index in [1.807, 2.05) is 32.0 Å². The molecule has 0 aliphatic heterocycles. The summed E-state index contributed by atoms with van der Waals surface area (Å²) in [7, 11) is 0. The summed E-state index contributed by atoms with van der Waals surface area (Å²) in [5.74, 6) is -0.786. The van der Waals surface area contributed by atoms with Gasteiger partial charge < -0.3 is 5.32 Å². The van der Waals surface area contributed by atoms with Crippen molar-refractivity contribution in [1.29, 1.82) is 0 Å². The minimum absolute atomic E-state index is 0.315. The van der Waals surface area contributed by atoms with Gasteiger partial charge >= 0.3 is 0 Å². The predicted molar refractivity (Wildman–Crippen MR) is 82.0 cm³/mol. The summed E-state index contributed by atoms with van der Waals surface area (Å²) < 4.78 is 28.5. The van der Waals surface area contributed by atoms with Gasteiger partial charge in [0.05, 0.1) is 6.04 Å². The fourth-order valence-corrected chi connectivity index (χ4v) is 2.44. The van der Waals surface area contributed by atoms with Crippen molar-refractivity contribution in [3.8, 4) is 0 Å². The van der Waals surface area contributed by atoms with E-state index in [-0.39, 0.29) is 6.04 Å². The third-order valence-electron chi connectivity index (χ3n) is 3.31. The Morgan fingerprint density at radius 2 is 1.75 bits per heavy atom. The summed E-state index contributed by atoms with van der Waals surface area (Å²) >= 11 is 3.50. The van der Waals surface area contributed by atoms with E-state index >= 15 is 0 Å². The first kappa shape index (κ1) is 15.0. The molecule has 1 N–H and O–H groups in total. The lowest BCUT2D eigenvalue weighted by Gasteiger charge is -2.19. The molecule has 20 heavy (non-hydrogen) atoms. The molecule has 1 nitrogen and oxygen atoms in total. The number of rotatable bonds is 3. The Morgan fingerprint density at radius 3 is 2.45 bits per heavy atom. The highest BCUT2D eigenvalue weighted by atomic mass is 79.9. The van der Waals surface area contributed by atoms with Crippen molar-refractivity contribution in [3.63, 3.8) is 0 Å². The summed E-state index contributed by atoms with van der Waals surface area (Å²) in [5.41, 5.74) is 2.58. The lowest BCUT2D eigenvalue weighted by atomic mass is 10.0. The van der Waals surface area contributed by atoms with Crippen molar-refractivity contribution in [2.45, 2.75) is 26.8 Å².